The lowest BCUT2D eigenvalue weighted by atomic mass is 9.90. The summed E-state index contributed by atoms with van der Waals surface area (Å²) in [5.41, 5.74) is 1.61. The highest BCUT2D eigenvalue weighted by molar-refractivity contribution is 7.13. The Kier molecular flexibility index (Phi) is 6.09. The quantitative estimate of drug-likeness (QED) is 0.788. The molecule has 24 heavy (non-hydrogen) atoms. The summed E-state index contributed by atoms with van der Waals surface area (Å²) in [6, 6.07) is 7.58. The number of ether oxygens (including phenoxy) is 1. The fourth-order valence-electron chi connectivity index (χ4n) is 2.40. The number of hydrogen-bond acceptors (Lipinski definition) is 5. The van der Waals surface area contributed by atoms with Crippen molar-refractivity contribution in [2.45, 2.75) is 26.7 Å². The number of nitrogens with zero attached hydrogens (tertiary/aromatic N) is 1. The van der Waals surface area contributed by atoms with Crippen molar-refractivity contribution in [1.82, 2.24) is 4.98 Å². The van der Waals surface area contributed by atoms with Crippen LogP contribution < -0.4 is 4.74 Å². The molecule has 0 radical (unpaired) electrons. The van der Waals surface area contributed by atoms with Gasteiger partial charge in [-0.15, -0.1) is 11.3 Å². The summed E-state index contributed by atoms with van der Waals surface area (Å²) in [4.78, 5) is 27.8. The molecule has 0 saturated heterocycles. The van der Waals surface area contributed by atoms with Crippen molar-refractivity contribution >= 4 is 23.1 Å². The largest absolute Gasteiger partial charge is 0.497 e. The van der Waals surface area contributed by atoms with Crippen molar-refractivity contribution in [3.8, 4) is 16.3 Å². The van der Waals surface area contributed by atoms with Gasteiger partial charge in [-0.25, -0.2) is 4.98 Å². The van der Waals surface area contributed by atoms with E-state index in [1.54, 1.807) is 7.11 Å². The highest BCUT2D eigenvalue weighted by Crippen LogP contribution is 2.27. The van der Waals surface area contributed by atoms with Gasteiger partial charge in [-0.3, -0.25) is 9.59 Å². The molecule has 1 N–H and O–H groups in total. The molecule has 0 amide bonds. The molecule has 0 aliphatic heterocycles. The Labute approximate surface area is 145 Å². The number of Topliss-reactive ketones (excluding diaryl/α,β-unsaturated/α-hetero) is 1. The van der Waals surface area contributed by atoms with E-state index in [4.69, 9.17) is 4.74 Å². The van der Waals surface area contributed by atoms with Gasteiger partial charge in [0, 0.05) is 23.8 Å². The van der Waals surface area contributed by atoms with Crippen molar-refractivity contribution < 1.29 is 19.4 Å². The summed E-state index contributed by atoms with van der Waals surface area (Å²) in [6.45, 7) is 3.63. The number of carboxylic acid groups (broad SMARTS) is 1. The Morgan fingerprint density at radius 3 is 2.71 bits per heavy atom. The number of benzene rings is 1. The smallest absolute Gasteiger partial charge is 0.307 e. The van der Waals surface area contributed by atoms with Crippen molar-refractivity contribution in [3.63, 3.8) is 0 Å². The second-order valence-corrected chi connectivity index (χ2v) is 6.84. The van der Waals surface area contributed by atoms with Gasteiger partial charge in [0.05, 0.1) is 18.7 Å². The molecule has 1 atom stereocenters. The highest BCUT2D eigenvalue weighted by atomic mass is 32.1. The van der Waals surface area contributed by atoms with Crippen LogP contribution in [0.25, 0.3) is 10.6 Å². The van der Waals surface area contributed by atoms with E-state index in [2.05, 4.69) is 4.98 Å². The number of carbonyl (C=O) groups excluding carboxylic acids is 1. The van der Waals surface area contributed by atoms with Crippen LogP contribution in [-0.4, -0.2) is 29.0 Å². The Morgan fingerprint density at radius 1 is 1.33 bits per heavy atom. The van der Waals surface area contributed by atoms with E-state index in [-0.39, 0.29) is 24.5 Å². The van der Waals surface area contributed by atoms with Gasteiger partial charge >= 0.3 is 5.97 Å². The van der Waals surface area contributed by atoms with Crippen molar-refractivity contribution in [1.29, 1.82) is 0 Å². The van der Waals surface area contributed by atoms with Gasteiger partial charge in [-0.1, -0.05) is 26.0 Å². The van der Waals surface area contributed by atoms with E-state index < -0.39 is 11.9 Å². The summed E-state index contributed by atoms with van der Waals surface area (Å²) in [7, 11) is 1.61. The number of aliphatic carboxylic acids is 1. The minimum atomic E-state index is -0.923. The van der Waals surface area contributed by atoms with Crippen LogP contribution in [0.4, 0.5) is 0 Å². The first-order valence-corrected chi connectivity index (χ1v) is 8.62. The molecule has 5 nitrogen and oxygen atoms in total. The van der Waals surface area contributed by atoms with Crippen LogP contribution in [0.3, 0.4) is 0 Å². The number of thiazole rings is 1. The highest BCUT2D eigenvalue weighted by Gasteiger charge is 2.24. The number of ketones is 1. The zero-order valence-electron chi connectivity index (χ0n) is 14.0. The van der Waals surface area contributed by atoms with Crippen LogP contribution in [0.5, 0.6) is 5.75 Å². The lowest BCUT2D eigenvalue weighted by Crippen LogP contribution is -2.23. The van der Waals surface area contributed by atoms with E-state index in [0.29, 0.717) is 5.69 Å². The van der Waals surface area contributed by atoms with Crippen molar-refractivity contribution in [2.75, 3.05) is 7.11 Å². The molecule has 1 heterocycles. The van der Waals surface area contributed by atoms with E-state index in [9.17, 15) is 14.7 Å². The molecule has 2 rings (SSSR count). The normalized spacial score (nSPS) is 12.2. The van der Waals surface area contributed by atoms with Crippen LogP contribution in [0.1, 0.15) is 26.0 Å². The topological polar surface area (TPSA) is 76.5 Å². The fraction of sp³-hybridized carbons (Fsp3) is 0.389. The van der Waals surface area contributed by atoms with Gasteiger partial charge in [0.2, 0.25) is 0 Å². The molecule has 0 unspecified atom stereocenters. The minimum absolute atomic E-state index is 0.0407. The van der Waals surface area contributed by atoms with Crippen LogP contribution >= 0.6 is 11.3 Å². The molecule has 128 valence electrons. The number of aromatic nitrogens is 1. The number of rotatable bonds is 8. The number of carbonyl (C=O) groups is 2. The fourth-order valence-corrected chi connectivity index (χ4v) is 3.22. The first-order valence-electron chi connectivity index (χ1n) is 7.74. The van der Waals surface area contributed by atoms with Gasteiger partial charge in [-0.05, 0) is 18.1 Å². The Morgan fingerprint density at radius 2 is 2.08 bits per heavy atom. The molecule has 1 aromatic carbocycles. The molecule has 2 aromatic rings. The Hall–Kier alpha value is -2.21. The molecule has 6 heteroatoms. The van der Waals surface area contributed by atoms with Gasteiger partial charge in [0.25, 0.3) is 0 Å². The maximum Gasteiger partial charge on any atom is 0.307 e. The van der Waals surface area contributed by atoms with E-state index in [0.717, 1.165) is 16.3 Å². The third-order valence-corrected chi connectivity index (χ3v) is 4.76. The molecular weight excluding hydrogens is 326 g/mol. The number of hydrogen-bond donors (Lipinski definition) is 1. The Balaban J connectivity index is 2.05. The Bertz CT molecular complexity index is 723. The van der Waals surface area contributed by atoms with Crippen LogP contribution in [-0.2, 0) is 16.0 Å². The minimum Gasteiger partial charge on any atom is -0.497 e. The van der Waals surface area contributed by atoms with E-state index in [1.807, 2.05) is 43.5 Å². The molecule has 0 bridgehead atoms. The monoisotopic (exact) mass is 347 g/mol. The lowest BCUT2D eigenvalue weighted by Gasteiger charge is -2.14. The second kappa shape index (κ2) is 8.06. The first kappa shape index (κ1) is 18.1. The summed E-state index contributed by atoms with van der Waals surface area (Å²) >= 11 is 1.46. The molecule has 1 aromatic heterocycles. The molecule has 0 aliphatic rings. The predicted molar refractivity (Wildman–Crippen MR) is 93.4 cm³/mol. The van der Waals surface area contributed by atoms with Crippen LogP contribution in [0, 0.1) is 11.8 Å². The zero-order chi connectivity index (χ0) is 17.7. The standard InChI is InChI=1S/C18H21NO4S/c1-11(2)16(18(21)22)9-14(20)8-13-10-24-17(19-13)12-5-4-6-15(7-12)23-3/h4-7,10-11,16H,8-9H2,1-3H3,(H,21,22)/t16-/m0/s1. The maximum absolute atomic E-state index is 12.2. The second-order valence-electron chi connectivity index (χ2n) is 5.98. The third kappa shape index (κ3) is 4.64. The predicted octanol–water partition coefficient (Wildman–Crippen LogP) is 3.68. The summed E-state index contributed by atoms with van der Waals surface area (Å²) < 4.78 is 5.20. The molecule has 0 fully saturated rings. The van der Waals surface area contributed by atoms with Crippen molar-refractivity contribution in [2.24, 2.45) is 11.8 Å². The number of methoxy groups -OCH3 is 1. The van der Waals surface area contributed by atoms with Gasteiger partial charge in [0.1, 0.15) is 16.5 Å². The van der Waals surface area contributed by atoms with E-state index in [1.165, 1.54) is 11.3 Å². The SMILES string of the molecule is COc1cccc(-c2nc(CC(=O)C[C@H](C(=O)O)C(C)C)cs2)c1. The van der Waals surface area contributed by atoms with E-state index >= 15 is 0 Å². The van der Waals surface area contributed by atoms with Crippen LogP contribution in [0.2, 0.25) is 0 Å². The zero-order valence-corrected chi connectivity index (χ0v) is 14.8. The first-order chi connectivity index (χ1) is 11.4. The van der Waals surface area contributed by atoms with Gasteiger partial charge in [0.15, 0.2) is 0 Å². The summed E-state index contributed by atoms with van der Waals surface area (Å²) in [5.74, 6) is -0.989. The number of carboxylic acids is 1. The molecule has 0 spiro atoms. The average Bonchev–Trinajstić information content (AvgIpc) is 3.00. The lowest BCUT2D eigenvalue weighted by molar-refractivity contribution is -0.145. The third-order valence-electron chi connectivity index (χ3n) is 3.82. The average molecular weight is 347 g/mol. The summed E-state index contributed by atoms with van der Waals surface area (Å²) in [6.07, 6.45) is 0.204. The molecular formula is C18H21NO4S. The maximum atomic E-state index is 12.2. The van der Waals surface area contributed by atoms with Gasteiger partial charge in [-0.2, -0.15) is 0 Å². The van der Waals surface area contributed by atoms with Crippen LogP contribution in [0.15, 0.2) is 29.6 Å². The molecule has 0 aliphatic carbocycles. The molecule has 0 saturated carbocycles. The van der Waals surface area contributed by atoms with Crippen molar-refractivity contribution in [3.05, 3.63) is 35.3 Å². The summed E-state index contributed by atoms with van der Waals surface area (Å²) in [5, 5.41) is 11.8. The van der Waals surface area contributed by atoms with Gasteiger partial charge < -0.3 is 9.84 Å².